The van der Waals surface area contributed by atoms with E-state index in [4.69, 9.17) is 4.74 Å². The molecule has 2 N–H and O–H groups in total. The lowest BCUT2D eigenvalue weighted by Crippen LogP contribution is -2.20. The Hall–Kier alpha value is -3.78. The molecule has 2 aromatic carbocycles. The van der Waals surface area contributed by atoms with Crippen molar-refractivity contribution in [2.75, 3.05) is 17.2 Å². The van der Waals surface area contributed by atoms with Gasteiger partial charge in [-0.25, -0.2) is 9.37 Å². The van der Waals surface area contributed by atoms with Crippen molar-refractivity contribution in [2.24, 2.45) is 0 Å². The van der Waals surface area contributed by atoms with E-state index in [1.165, 1.54) is 23.5 Å². The van der Waals surface area contributed by atoms with Gasteiger partial charge in [-0.3, -0.25) is 9.78 Å². The van der Waals surface area contributed by atoms with Crippen LogP contribution in [0.5, 0.6) is 5.75 Å². The second-order valence-corrected chi connectivity index (χ2v) is 7.11. The van der Waals surface area contributed by atoms with Gasteiger partial charge in [-0.1, -0.05) is 24.3 Å². The van der Waals surface area contributed by atoms with Gasteiger partial charge in [-0.15, -0.1) is 11.3 Å². The highest BCUT2D eigenvalue weighted by Crippen LogP contribution is 2.27. The Kier molecular flexibility index (Phi) is 5.95. The van der Waals surface area contributed by atoms with Crippen LogP contribution in [0.4, 0.5) is 20.9 Å². The van der Waals surface area contributed by atoms with Crippen LogP contribution >= 0.6 is 11.3 Å². The average Bonchev–Trinajstić information content (AvgIpc) is 3.23. The summed E-state index contributed by atoms with van der Waals surface area (Å²) in [6.45, 7) is -0.280. The second kappa shape index (κ2) is 9.15. The van der Waals surface area contributed by atoms with E-state index < -0.39 is 5.82 Å². The van der Waals surface area contributed by atoms with Crippen LogP contribution in [0.1, 0.15) is 0 Å². The van der Waals surface area contributed by atoms with Gasteiger partial charge in [0.05, 0.1) is 17.6 Å². The first-order valence-corrected chi connectivity index (χ1v) is 9.95. The summed E-state index contributed by atoms with van der Waals surface area (Å²) >= 11 is 1.49. The zero-order valence-electron chi connectivity index (χ0n) is 15.7. The molecular weight excluding hydrogens is 403 g/mol. The average molecular weight is 420 g/mol. The van der Waals surface area contributed by atoms with Crippen molar-refractivity contribution in [3.8, 4) is 17.0 Å². The molecule has 0 unspecified atom stereocenters. The molecule has 0 aliphatic carbocycles. The molecule has 0 atom stereocenters. The number of nitrogens with zero attached hydrogens (tertiary/aromatic N) is 2. The van der Waals surface area contributed by atoms with Crippen LogP contribution in [0.2, 0.25) is 0 Å². The Morgan fingerprint density at radius 1 is 1.03 bits per heavy atom. The lowest BCUT2D eigenvalue weighted by Gasteiger charge is -2.08. The van der Waals surface area contributed by atoms with Crippen molar-refractivity contribution in [1.82, 2.24) is 9.97 Å². The highest BCUT2D eigenvalue weighted by Gasteiger charge is 2.08. The van der Waals surface area contributed by atoms with Gasteiger partial charge in [-0.05, 0) is 36.4 Å². The summed E-state index contributed by atoms with van der Waals surface area (Å²) in [4.78, 5) is 20.7. The molecule has 30 heavy (non-hydrogen) atoms. The summed E-state index contributed by atoms with van der Waals surface area (Å²) in [5.41, 5.74) is 3.23. The fourth-order valence-electron chi connectivity index (χ4n) is 2.65. The van der Waals surface area contributed by atoms with Gasteiger partial charge < -0.3 is 15.4 Å². The first kappa shape index (κ1) is 19.5. The predicted octanol–water partition coefficient (Wildman–Crippen LogP) is 5.11. The number of anilines is 3. The minimum absolute atomic E-state index is 0.0437. The molecule has 2 aromatic heterocycles. The summed E-state index contributed by atoms with van der Waals surface area (Å²) < 4.78 is 18.7. The first-order valence-electron chi connectivity index (χ1n) is 9.07. The molecule has 0 radical (unpaired) electrons. The molecule has 0 aliphatic heterocycles. The van der Waals surface area contributed by atoms with Crippen molar-refractivity contribution < 1.29 is 13.9 Å². The molecule has 1 amide bonds. The van der Waals surface area contributed by atoms with Crippen LogP contribution in [0.15, 0.2) is 78.4 Å². The maximum absolute atomic E-state index is 13.5. The van der Waals surface area contributed by atoms with E-state index in [2.05, 4.69) is 20.6 Å². The minimum Gasteiger partial charge on any atom is -0.481 e. The number of carbonyl (C=O) groups excluding carboxylic acids is 1. The molecule has 0 saturated carbocycles. The Balaban J connectivity index is 1.34. The van der Waals surface area contributed by atoms with E-state index in [0.29, 0.717) is 5.69 Å². The van der Waals surface area contributed by atoms with E-state index in [9.17, 15) is 9.18 Å². The molecule has 4 rings (SSSR count). The van der Waals surface area contributed by atoms with Crippen molar-refractivity contribution in [3.63, 3.8) is 0 Å². The summed E-state index contributed by atoms with van der Waals surface area (Å²) in [5.74, 6) is -0.833. The van der Waals surface area contributed by atoms with Gasteiger partial charge in [0.15, 0.2) is 23.3 Å². The van der Waals surface area contributed by atoms with E-state index >= 15 is 0 Å². The van der Waals surface area contributed by atoms with Crippen LogP contribution in [-0.2, 0) is 4.79 Å². The van der Waals surface area contributed by atoms with E-state index in [1.54, 1.807) is 36.7 Å². The molecule has 0 saturated heterocycles. The topological polar surface area (TPSA) is 76.1 Å². The smallest absolute Gasteiger partial charge is 0.262 e. The fourth-order valence-corrected chi connectivity index (χ4v) is 3.39. The van der Waals surface area contributed by atoms with Gasteiger partial charge in [-0.2, -0.15) is 0 Å². The highest BCUT2D eigenvalue weighted by molar-refractivity contribution is 7.14. The number of rotatable bonds is 7. The third kappa shape index (κ3) is 4.98. The first-order chi connectivity index (χ1) is 14.7. The fraction of sp³-hybridized carbons (Fsp3) is 0.0455. The summed E-state index contributed by atoms with van der Waals surface area (Å²) in [6.07, 6.45) is 3.44. The lowest BCUT2D eigenvalue weighted by molar-refractivity contribution is -0.118. The molecule has 0 aliphatic rings. The Morgan fingerprint density at radius 2 is 1.87 bits per heavy atom. The standard InChI is InChI=1S/C22H17FN4O2S/c23-18-5-1-2-6-20(18)29-13-21(28)25-16-9-7-15(8-10-16)19-14-30-22(27-19)26-17-4-3-11-24-12-17/h1-12,14H,13H2,(H,25,28)(H,26,27). The number of nitrogens with one attached hydrogen (secondary N) is 2. The second-order valence-electron chi connectivity index (χ2n) is 6.25. The van der Waals surface area contributed by atoms with Crippen molar-refractivity contribution >= 4 is 33.8 Å². The minimum atomic E-state index is -0.504. The molecule has 4 aromatic rings. The van der Waals surface area contributed by atoms with Gasteiger partial charge in [0.25, 0.3) is 5.91 Å². The van der Waals surface area contributed by atoms with Gasteiger partial charge >= 0.3 is 0 Å². The normalized spacial score (nSPS) is 10.4. The zero-order chi connectivity index (χ0) is 20.8. The van der Waals surface area contributed by atoms with E-state index in [-0.39, 0.29) is 18.3 Å². The SMILES string of the molecule is O=C(COc1ccccc1F)Nc1ccc(-c2csc(Nc3cccnc3)n2)cc1. The quantitative estimate of drug-likeness (QED) is 0.435. The lowest BCUT2D eigenvalue weighted by atomic mass is 10.1. The van der Waals surface area contributed by atoms with Crippen molar-refractivity contribution in [2.45, 2.75) is 0 Å². The molecule has 2 heterocycles. The number of aromatic nitrogens is 2. The van der Waals surface area contributed by atoms with Gasteiger partial charge in [0.1, 0.15) is 0 Å². The number of hydrogen-bond acceptors (Lipinski definition) is 6. The molecule has 8 heteroatoms. The van der Waals surface area contributed by atoms with Crippen LogP contribution < -0.4 is 15.4 Å². The highest BCUT2D eigenvalue weighted by atomic mass is 32.1. The van der Waals surface area contributed by atoms with E-state index in [1.807, 2.05) is 29.6 Å². The summed E-state index contributed by atoms with van der Waals surface area (Å²) in [7, 11) is 0. The van der Waals surface area contributed by atoms with E-state index in [0.717, 1.165) is 22.1 Å². The number of pyridine rings is 1. The maximum atomic E-state index is 13.5. The van der Waals surface area contributed by atoms with Crippen LogP contribution in [0.3, 0.4) is 0 Å². The number of halogens is 1. The Bertz CT molecular complexity index is 1130. The predicted molar refractivity (Wildman–Crippen MR) is 116 cm³/mol. The van der Waals surface area contributed by atoms with Gasteiger partial charge in [0, 0.05) is 22.8 Å². The molecule has 150 valence electrons. The number of thiazole rings is 1. The molecular formula is C22H17FN4O2S. The third-order valence-electron chi connectivity index (χ3n) is 4.08. The van der Waals surface area contributed by atoms with Crippen molar-refractivity contribution in [1.29, 1.82) is 0 Å². The van der Waals surface area contributed by atoms with Gasteiger partial charge in [0.2, 0.25) is 0 Å². The summed E-state index contributed by atoms with van der Waals surface area (Å²) in [6, 6.07) is 17.0. The maximum Gasteiger partial charge on any atom is 0.262 e. The van der Waals surface area contributed by atoms with Crippen LogP contribution in [0.25, 0.3) is 11.3 Å². The van der Waals surface area contributed by atoms with Crippen LogP contribution in [0, 0.1) is 5.82 Å². The zero-order valence-corrected chi connectivity index (χ0v) is 16.5. The Morgan fingerprint density at radius 3 is 2.63 bits per heavy atom. The molecule has 0 bridgehead atoms. The number of hydrogen-bond donors (Lipinski definition) is 2. The molecule has 0 fully saturated rings. The Labute approximate surface area is 176 Å². The summed E-state index contributed by atoms with van der Waals surface area (Å²) in [5, 5.41) is 8.65. The van der Waals surface area contributed by atoms with Crippen molar-refractivity contribution in [3.05, 3.63) is 84.3 Å². The monoisotopic (exact) mass is 420 g/mol. The number of benzene rings is 2. The molecule has 6 nitrogen and oxygen atoms in total. The molecule has 0 spiro atoms. The number of carbonyl (C=O) groups is 1. The number of amides is 1. The largest absolute Gasteiger partial charge is 0.481 e. The van der Waals surface area contributed by atoms with Crippen LogP contribution in [-0.4, -0.2) is 22.5 Å². The number of ether oxygens (including phenoxy) is 1. The number of para-hydroxylation sites is 1. The third-order valence-corrected chi connectivity index (χ3v) is 4.83.